The number of pyridine rings is 1. The molecule has 150 valence electrons. The van der Waals surface area contributed by atoms with Crippen molar-refractivity contribution in [1.82, 2.24) is 10.3 Å². The van der Waals surface area contributed by atoms with Gasteiger partial charge in [-0.3, -0.25) is 9.59 Å². The zero-order valence-corrected chi connectivity index (χ0v) is 16.4. The number of hydrogen-bond acceptors (Lipinski definition) is 4. The van der Waals surface area contributed by atoms with Crippen molar-refractivity contribution in [3.8, 4) is 0 Å². The van der Waals surface area contributed by atoms with Crippen LogP contribution in [-0.2, 0) is 4.79 Å². The molecule has 2 amide bonds. The zero-order chi connectivity index (χ0) is 20.9. The molecular weight excluding hydrogens is 391 g/mol. The van der Waals surface area contributed by atoms with Crippen LogP contribution in [0.1, 0.15) is 27.0 Å². The van der Waals surface area contributed by atoms with Crippen LogP contribution in [0.25, 0.3) is 0 Å². The predicted molar refractivity (Wildman–Crippen MR) is 103 cm³/mol. The number of rotatable bonds is 6. The molecule has 1 aromatic carbocycles. The van der Waals surface area contributed by atoms with Crippen LogP contribution in [0.4, 0.5) is 18.9 Å². The number of nitrogens with zero attached hydrogens (tertiary/aromatic N) is 1. The van der Waals surface area contributed by atoms with E-state index < -0.39 is 23.7 Å². The summed E-state index contributed by atoms with van der Waals surface area (Å²) in [4.78, 5) is 28.3. The molecule has 0 spiro atoms. The van der Waals surface area contributed by atoms with Crippen molar-refractivity contribution in [3.63, 3.8) is 0 Å². The van der Waals surface area contributed by atoms with Crippen LogP contribution in [0.15, 0.2) is 35.5 Å². The summed E-state index contributed by atoms with van der Waals surface area (Å²) in [7, 11) is 0. The molecule has 9 heteroatoms. The van der Waals surface area contributed by atoms with Gasteiger partial charge in [0.15, 0.2) is 0 Å². The number of alkyl halides is 3. The monoisotopic (exact) mass is 411 g/mol. The smallest absolute Gasteiger partial charge is 0.343 e. The van der Waals surface area contributed by atoms with Gasteiger partial charge >= 0.3 is 6.18 Å². The molecule has 0 aliphatic rings. The normalized spacial score (nSPS) is 11.2. The van der Waals surface area contributed by atoms with E-state index in [0.29, 0.717) is 17.4 Å². The molecule has 2 aromatic rings. The number of aryl methyl sites for hydroxylation is 3. The number of amides is 2. The first-order valence-electron chi connectivity index (χ1n) is 8.37. The Balaban J connectivity index is 2.00. The minimum atomic E-state index is -4.38. The molecule has 1 heterocycles. The number of anilines is 1. The summed E-state index contributed by atoms with van der Waals surface area (Å²) in [6.45, 7) is 5.37. The van der Waals surface area contributed by atoms with E-state index in [9.17, 15) is 22.8 Å². The second-order valence-electron chi connectivity index (χ2n) is 6.26. The summed E-state index contributed by atoms with van der Waals surface area (Å²) >= 11 is 0.427. The summed E-state index contributed by atoms with van der Waals surface area (Å²) in [5, 5.41) is 5.13. The number of carbonyl (C=O) groups excluding carboxylic acids is 2. The maximum Gasteiger partial charge on any atom is 0.398 e. The highest BCUT2D eigenvalue weighted by molar-refractivity contribution is 7.99. The van der Waals surface area contributed by atoms with Crippen LogP contribution in [0, 0.1) is 20.8 Å². The number of aromatic nitrogens is 1. The third kappa shape index (κ3) is 6.26. The van der Waals surface area contributed by atoms with Gasteiger partial charge in [-0.1, -0.05) is 29.5 Å². The Morgan fingerprint density at radius 1 is 1.14 bits per heavy atom. The minimum Gasteiger partial charge on any atom is -0.343 e. The quantitative estimate of drug-likeness (QED) is 0.704. The van der Waals surface area contributed by atoms with E-state index in [1.165, 1.54) is 18.3 Å². The Morgan fingerprint density at radius 3 is 2.39 bits per heavy atom. The molecule has 5 nitrogen and oxygen atoms in total. The molecule has 28 heavy (non-hydrogen) atoms. The van der Waals surface area contributed by atoms with Gasteiger partial charge in [-0.25, -0.2) is 4.98 Å². The van der Waals surface area contributed by atoms with Crippen molar-refractivity contribution >= 4 is 29.3 Å². The van der Waals surface area contributed by atoms with E-state index in [2.05, 4.69) is 15.6 Å². The minimum absolute atomic E-state index is 0.00718. The van der Waals surface area contributed by atoms with Gasteiger partial charge in [0.2, 0.25) is 5.91 Å². The van der Waals surface area contributed by atoms with Gasteiger partial charge in [0, 0.05) is 11.9 Å². The SMILES string of the molecule is Cc1cc(C)c(NC(=O)CNC(=O)c2cccnc2SCC(F)(F)F)c(C)c1. The number of carbonyl (C=O) groups is 2. The summed E-state index contributed by atoms with van der Waals surface area (Å²) in [5.41, 5.74) is 3.53. The molecule has 2 N–H and O–H groups in total. The topological polar surface area (TPSA) is 71.1 Å². The lowest BCUT2D eigenvalue weighted by Crippen LogP contribution is -2.33. The summed E-state index contributed by atoms with van der Waals surface area (Å²) in [6.07, 6.45) is -3.06. The average molecular weight is 411 g/mol. The standard InChI is InChI=1S/C19H20F3N3O2S/c1-11-7-12(2)16(13(3)8-11)25-15(26)9-24-17(27)14-5-4-6-23-18(14)28-10-19(20,21)22/h4-8H,9-10H2,1-3H3,(H,24,27)(H,25,26). The molecule has 0 radical (unpaired) electrons. The lowest BCUT2D eigenvalue weighted by Gasteiger charge is -2.14. The van der Waals surface area contributed by atoms with Crippen molar-refractivity contribution in [3.05, 3.63) is 52.7 Å². The molecule has 0 fully saturated rings. The van der Waals surface area contributed by atoms with Gasteiger partial charge in [-0.15, -0.1) is 0 Å². The lowest BCUT2D eigenvalue weighted by molar-refractivity contribution is -0.115. The fourth-order valence-corrected chi connectivity index (χ4v) is 3.40. The average Bonchev–Trinajstić information content (AvgIpc) is 2.60. The molecule has 1 aromatic heterocycles. The van der Waals surface area contributed by atoms with Crippen molar-refractivity contribution in [2.45, 2.75) is 32.0 Å². The van der Waals surface area contributed by atoms with Crippen molar-refractivity contribution in [1.29, 1.82) is 0 Å². The van der Waals surface area contributed by atoms with Crippen LogP contribution >= 0.6 is 11.8 Å². The number of halogens is 3. The predicted octanol–water partition coefficient (Wildman–Crippen LogP) is 4.03. The largest absolute Gasteiger partial charge is 0.398 e. The molecular formula is C19H20F3N3O2S. The van der Waals surface area contributed by atoms with E-state index in [1.54, 1.807) is 0 Å². The van der Waals surface area contributed by atoms with E-state index in [1.807, 2.05) is 32.9 Å². The van der Waals surface area contributed by atoms with Crippen LogP contribution in [-0.4, -0.2) is 35.3 Å². The first-order valence-corrected chi connectivity index (χ1v) is 9.36. The van der Waals surface area contributed by atoms with E-state index in [-0.39, 0.29) is 17.1 Å². The van der Waals surface area contributed by atoms with Gasteiger partial charge in [-0.2, -0.15) is 13.2 Å². The fraction of sp³-hybridized carbons (Fsp3) is 0.316. The van der Waals surface area contributed by atoms with Crippen LogP contribution in [0.2, 0.25) is 0 Å². The zero-order valence-electron chi connectivity index (χ0n) is 15.6. The maximum absolute atomic E-state index is 12.4. The lowest BCUT2D eigenvalue weighted by atomic mass is 10.1. The number of thioether (sulfide) groups is 1. The molecule has 0 unspecified atom stereocenters. The Hall–Kier alpha value is -2.55. The van der Waals surface area contributed by atoms with Crippen LogP contribution < -0.4 is 10.6 Å². The molecule has 0 atom stereocenters. The van der Waals surface area contributed by atoms with Gasteiger partial charge in [-0.05, 0) is 44.0 Å². The molecule has 2 rings (SSSR count). The van der Waals surface area contributed by atoms with Crippen molar-refractivity contribution in [2.24, 2.45) is 0 Å². The summed E-state index contributed by atoms with van der Waals surface area (Å²) < 4.78 is 37.3. The van der Waals surface area contributed by atoms with Crippen molar-refractivity contribution in [2.75, 3.05) is 17.6 Å². The van der Waals surface area contributed by atoms with Crippen LogP contribution in [0.3, 0.4) is 0 Å². The molecule has 0 bridgehead atoms. The van der Waals surface area contributed by atoms with E-state index in [4.69, 9.17) is 0 Å². The maximum atomic E-state index is 12.4. The molecule has 0 saturated carbocycles. The van der Waals surface area contributed by atoms with E-state index in [0.717, 1.165) is 16.7 Å². The Labute approximate surface area is 165 Å². The third-order valence-electron chi connectivity index (χ3n) is 3.74. The first-order chi connectivity index (χ1) is 13.1. The van der Waals surface area contributed by atoms with Crippen LogP contribution in [0.5, 0.6) is 0 Å². The Morgan fingerprint density at radius 2 is 1.79 bits per heavy atom. The highest BCUT2D eigenvalue weighted by atomic mass is 32.2. The number of benzene rings is 1. The highest BCUT2D eigenvalue weighted by Crippen LogP contribution is 2.28. The molecule has 0 aliphatic heterocycles. The van der Waals surface area contributed by atoms with Gasteiger partial charge in [0.05, 0.1) is 17.9 Å². The first kappa shape index (κ1) is 21.7. The summed E-state index contributed by atoms with van der Waals surface area (Å²) in [5.74, 6) is -2.25. The van der Waals surface area contributed by atoms with Gasteiger partial charge < -0.3 is 10.6 Å². The number of nitrogens with one attached hydrogen (secondary N) is 2. The second-order valence-corrected chi connectivity index (χ2v) is 7.23. The van der Waals surface area contributed by atoms with Gasteiger partial charge in [0.1, 0.15) is 5.03 Å². The third-order valence-corrected chi connectivity index (χ3v) is 4.81. The molecule has 0 saturated heterocycles. The number of hydrogen-bond donors (Lipinski definition) is 2. The van der Waals surface area contributed by atoms with Crippen molar-refractivity contribution < 1.29 is 22.8 Å². The van der Waals surface area contributed by atoms with E-state index >= 15 is 0 Å². The Bertz CT molecular complexity index is 862. The highest BCUT2D eigenvalue weighted by Gasteiger charge is 2.28. The fourth-order valence-electron chi connectivity index (χ4n) is 2.65. The Kier molecular flexibility index (Phi) is 7.06. The van der Waals surface area contributed by atoms with Gasteiger partial charge in [0.25, 0.3) is 5.91 Å². The summed E-state index contributed by atoms with van der Waals surface area (Å²) in [6, 6.07) is 6.68. The second kappa shape index (κ2) is 9.09. The molecule has 0 aliphatic carbocycles.